The van der Waals surface area contributed by atoms with Gasteiger partial charge in [0.25, 0.3) is 5.95 Å². The van der Waals surface area contributed by atoms with Gasteiger partial charge < -0.3 is 10.1 Å². The topological polar surface area (TPSA) is 99.1 Å². The number of hydrogen-bond donors (Lipinski definition) is 3. The van der Waals surface area contributed by atoms with Crippen molar-refractivity contribution in [3.63, 3.8) is 0 Å². The average Bonchev–Trinajstić information content (AvgIpc) is 2.96. The van der Waals surface area contributed by atoms with Gasteiger partial charge in [-0.15, -0.1) is 10.2 Å². The summed E-state index contributed by atoms with van der Waals surface area (Å²) in [6, 6.07) is 12.8. The Bertz CT molecular complexity index is 1070. The molecule has 2 heterocycles. The van der Waals surface area contributed by atoms with Gasteiger partial charge in [0.15, 0.2) is 5.65 Å². The second kappa shape index (κ2) is 5.78. The van der Waals surface area contributed by atoms with Crippen LogP contribution in [0.3, 0.4) is 0 Å². The zero-order valence-corrected chi connectivity index (χ0v) is 13.0. The molecule has 0 aliphatic heterocycles. The van der Waals surface area contributed by atoms with Crippen molar-refractivity contribution < 1.29 is 5.11 Å². The molecule has 0 spiro atoms. The van der Waals surface area contributed by atoms with Gasteiger partial charge in [-0.05, 0) is 18.2 Å². The molecule has 4 rings (SSSR count). The first-order chi connectivity index (χ1) is 11.7. The summed E-state index contributed by atoms with van der Waals surface area (Å²) in [7, 11) is 0. The SMILES string of the molecule is Oc1c(Cl)cccc1C=NNc1nnc2c(n1)[nH]c1ccccc12. The van der Waals surface area contributed by atoms with Crippen molar-refractivity contribution in [1.29, 1.82) is 0 Å². The molecular weight excluding hydrogens is 328 g/mol. The Morgan fingerprint density at radius 2 is 2.00 bits per heavy atom. The highest BCUT2D eigenvalue weighted by atomic mass is 35.5. The Balaban J connectivity index is 1.61. The Kier molecular flexibility index (Phi) is 3.47. The smallest absolute Gasteiger partial charge is 0.265 e. The third-order valence-corrected chi connectivity index (χ3v) is 3.81. The lowest BCUT2D eigenvalue weighted by molar-refractivity contribution is 0.475. The van der Waals surface area contributed by atoms with Crippen LogP contribution in [-0.4, -0.2) is 31.5 Å². The van der Waals surface area contributed by atoms with Gasteiger partial charge in [0.1, 0.15) is 11.3 Å². The normalized spacial score (nSPS) is 11.5. The third-order valence-electron chi connectivity index (χ3n) is 3.51. The van der Waals surface area contributed by atoms with Gasteiger partial charge in [-0.1, -0.05) is 35.9 Å². The zero-order valence-electron chi connectivity index (χ0n) is 12.2. The molecule has 7 nitrogen and oxygen atoms in total. The van der Waals surface area contributed by atoms with Crippen molar-refractivity contribution in [1.82, 2.24) is 20.2 Å². The number of benzene rings is 2. The minimum absolute atomic E-state index is 0.0326. The molecule has 3 N–H and O–H groups in total. The molecule has 0 fully saturated rings. The van der Waals surface area contributed by atoms with Crippen molar-refractivity contribution in [2.75, 3.05) is 5.43 Å². The molecule has 2 aromatic heterocycles. The summed E-state index contributed by atoms with van der Waals surface area (Å²) in [5.74, 6) is 0.210. The fourth-order valence-electron chi connectivity index (χ4n) is 2.36. The number of phenolic OH excluding ortho intramolecular Hbond substituents is 1. The molecule has 0 aliphatic rings. The van der Waals surface area contributed by atoms with E-state index in [0.29, 0.717) is 16.7 Å². The Morgan fingerprint density at radius 1 is 1.12 bits per heavy atom. The van der Waals surface area contributed by atoms with Crippen LogP contribution in [-0.2, 0) is 0 Å². The monoisotopic (exact) mass is 338 g/mol. The minimum atomic E-state index is -0.0326. The molecule has 8 heteroatoms. The van der Waals surface area contributed by atoms with Crippen LogP contribution in [0, 0.1) is 0 Å². The summed E-state index contributed by atoms with van der Waals surface area (Å²) in [6.07, 6.45) is 1.43. The standard InChI is InChI=1S/C16H11ClN6O/c17-11-6-3-4-9(14(11)24)8-18-22-16-20-15-13(21-23-16)10-5-1-2-7-12(10)19-15/h1-8,24H,(H2,19,20,22,23). The number of nitrogens with one attached hydrogen (secondary N) is 2. The van der Waals surface area contributed by atoms with Crippen molar-refractivity contribution in [3.8, 4) is 5.75 Å². The molecule has 0 radical (unpaired) electrons. The Labute approximate surface area is 141 Å². The number of halogens is 1. The number of hydrazone groups is 1. The first-order valence-electron chi connectivity index (χ1n) is 7.10. The third kappa shape index (κ3) is 2.50. The predicted molar refractivity (Wildman–Crippen MR) is 93.5 cm³/mol. The minimum Gasteiger partial charge on any atom is -0.506 e. The van der Waals surface area contributed by atoms with Gasteiger partial charge in [0, 0.05) is 16.5 Å². The molecular formula is C16H11ClN6O. The number of para-hydroxylation sites is 2. The Morgan fingerprint density at radius 3 is 2.92 bits per heavy atom. The first kappa shape index (κ1) is 14.4. The van der Waals surface area contributed by atoms with Crippen LogP contribution in [0.5, 0.6) is 5.75 Å². The predicted octanol–water partition coefficient (Wildman–Crippen LogP) is 3.31. The van der Waals surface area contributed by atoms with Gasteiger partial charge >= 0.3 is 0 Å². The number of fused-ring (bicyclic) bond motifs is 3. The molecule has 24 heavy (non-hydrogen) atoms. The number of hydrogen-bond acceptors (Lipinski definition) is 6. The van der Waals surface area contributed by atoms with Crippen molar-refractivity contribution in [2.45, 2.75) is 0 Å². The van der Waals surface area contributed by atoms with Gasteiger partial charge in [-0.3, -0.25) is 0 Å². The van der Waals surface area contributed by atoms with Crippen LogP contribution in [0.25, 0.3) is 22.1 Å². The summed E-state index contributed by atoms with van der Waals surface area (Å²) >= 11 is 5.84. The number of phenols is 1. The largest absolute Gasteiger partial charge is 0.506 e. The summed E-state index contributed by atoms with van der Waals surface area (Å²) in [5, 5.41) is 23.2. The van der Waals surface area contributed by atoms with E-state index in [-0.39, 0.29) is 16.7 Å². The molecule has 0 saturated heterocycles. The van der Waals surface area contributed by atoms with Gasteiger partial charge in [-0.25, -0.2) is 5.43 Å². The molecule has 4 aromatic rings. The van der Waals surface area contributed by atoms with Gasteiger partial charge in [-0.2, -0.15) is 10.1 Å². The molecule has 0 bridgehead atoms. The van der Waals surface area contributed by atoms with E-state index < -0.39 is 0 Å². The van der Waals surface area contributed by atoms with E-state index in [9.17, 15) is 5.11 Å². The van der Waals surface area contributed by atoms with E-state index in [1.807, 2.05) is 24.3 Å². The molecule has 0 saturated carbocycles. The second-order valence-corrected chi connectivity index (χ2v) is 5.46. The fraction of sp³-hybridized carbons (Fsp3) is 0. The molecule has 0 unspecified atom stereocenters. The van der Waals surface area contributed by atoms with Gasteiger partial charge in [0.05, 0.1) is 11.2 Å². The molecule has 118 valence electrons. The fourth-order valence-corrected chi connectivity index (χ4v) is 2.55. The number of nitrogens with zero attached hydrogens (tertiary/aromatic N) is 4. The van der Waals surface area contributed by atoms with E-state index in [2.05, 4.69) is 30.7 Å². The summed E-state index contributed by atoms with van der Waals surface area (Å²) in [5.41, 5.74) is 5.43. The number of aromatic nitrogens is 4. The van der Waals surface area contributed by atoms with E-state index in [1.165, 1.54) is 6.21 Å². The molecule has 0 atom stereocenters. The highest BCUT2D eigenvalue weighted by Crippen LogP contribution is 2.25. The van der Waals surface area contributed by atoms with E-state index >= 15 is 0 Å². The van der Waals surface area contributed by atoms with E-state index in [4.69, 9.17) is 11.6 Å². The summed E-state index contributed by atoms with van der Waals surface area (Å²) in [6.45, 7) is 0. The second-order valence-electron chi connectivity index (χ2n) is 5.05. The lowest BCUT2D eigenvalue weighted by atomic mass is 10.2. The highest BCUT2D eigenvalue weighted by Gasteiger charge is 2.08. The van der Waals surface area contributed by atoms with Crippen LogP contribution in [0.1, 0.15) is 5.56 Å². The number of aromatic amines is 1. The maximum absolute atomic E-state index is 9.82. The first-order valence-corrected chi connectivity index (χ1v) is 7.48. The zero-order chi connectivity index (χ0) is 16.5. The van der Waals surface area contributed by atoms with E-state index in [0.717, 1.165) is 10.9 Å². The Hall–Kier alpha value is -3.19. The maximum Gasteiger partial charge on any atom is 0.265 e. The van der Waals surface area contributed by atoms with E-state index in [1.54, 1.807) is 18.2 Å². The lowest BCUT2D eigenvalue weighted by Crippen LogP contribution is -1.99. The number of H-pyrrole nitrogens is 1. The van der Waals surface area contributed by atoms with Crippen molar-refractivity contribution >= 4 is 45.8 Å². The van der Waals surface area contributed by atoms with Crippen molar-refractivity contribution in [2.24, 2.45) is 5.10 Å². The van der Waals surface area contributed by atoms with Gasteiger partial charge in [0.2, 0.25) is 0 Å². The van der Waals surface area contributed by atoms with Crippen molar-refractivity contribution in [3.05, 3.63) is 53.1 Å². The quantitative estimate of drug-likeness (QED) is 0.393. The summed E-state index contributed by atoms with van der Waals surface area (Å²) in [4.78, 5) is 7.52. The average molecular weight is 339 g/mol. The lowest BCUT2D eigenvalue weighted by Gasteiger charge is -2.00. The van der Waals surface area contributed by atoms with Crippen LogP contribution >= 0.6 is 11.6 Å². The van der Waals surface area contributed by atoms with Crippen LogP contribution in [0.4, 0.5) is 5.95 Å². The molecule has 0 aliphatic carbocycles. The number of anilines is 1. The highest BCUT2D eigenvalue weighted by molar-refractivity contribution is 6.32. The van der Waals surface area contributed by atoms with Crippen LogP contribution in [0.15, 0.2) is 47.6 Å². The summed E-state index contributed by atoms with van der Waals surface area (Å²) < 4.78 is 0. The number of rotatable bonds is 3. The molecule has 0 amide bonds. The molecule has 2 aromatic carbocycles. The number of aromatic hydroxyl groups is 1. The maximum atomic E-state index is 9.82. The van der Waals surface area contributed by atoms with Crippen LogP contribution in [0.2, 0.25) is 5.02 Å². The van der Waals surface area contributed by atoms with Crippen LogP contribution < -0.4 is 5.43 Å².